The highest BCUT2D eigenvalue weighted by molar-refractivity contribution is 6.35. The normalized spacial score (nSPS) is 21.5. The fourth-order valence-corrected chi connectivity index (χ4v) is 5.62. The second kappa shape index (κ2) is 6.58. The van der Waals surface area contributed by atoms with Gasteiger partial charge in [0.1, 0.15) is 5.60 Å². The minimum absolute atomic E-state index is 0.483. The van der Waals surface area contributed by atoms with Crippen LogP contribution in [0.4, 0.5) is 0 Å². The van der Waals surface area contributed by atoms with Gasteiger partial charge in [-0.3, -0.25) is 9.88 Å². The Morgan fingerprint density at radius 1 is 1.25 bits per heavy atom. The molecule has 4 nitrogen and oxygen atoms in total. The minimum Gasteiger partial charge on any atom is -0.384 e. The summed E-state index contributed by atoms with van der Waals surface area (Å²) in [6.07, 6.45) is 6.94. The summed E-state index contributed by atoms with van der Waals surface area (Å²) in [5.74, 6) is 0. The smallest absolute Gasteiger partial charge is 0.105 e. The third kappa shape index (κ3) is 2.78. The molecule has 28 heavy (non-hydrogen) atoms. The highest BCUT2D eigenvalue weighted by Crippen LogP contribution is 2.45. The van der Waals surface area contributed by atoms with Crippen molar-refractivity contribution in [1.29, 1.82) is 0 Å². The highest BCUT2D eigenvalue weighted by Gasteiger charge is 2.37. The molecule has 146 valence electrons. The number of aryl methyl sites for hydroxylation is 1. The van der Waals surface area contributed by atoms with E-state index < -0.39 is 5.60 Å². The average molecular weight is 396 g/mol. The fraction of sp³-hybridized carbons (Fsp3) is 0.435. The number of hydrogen-bond donors (Lipinski definition) is 1. The van der Waals surface area contributed by atoms with Gasteiger partial charge < -0.3 is 9.67 Å². The van der Waals surface area contributed by atoms with Crippen LogP contribution in [0.1, 0.15) is 48.2 Å². The summed E-state index contributed by atoms with van der Waals surface area (Å²) in [7, 11) is 0. The van der Waals surface area contributed by atoms with Crippen molar-refractivity contribution >= 4 is 22.5 Å². The van der Waals surface area contributed by atoms with E-state index in [1.807, 2.05) is 25.1 Å². The molecule has 0 bridgehead atoms. The Kier molecular flexibility index (Phi) is 4.27. The molecule has 0 amide bonds. The molecule has 2 aliphatic heterocycles. The van der Waals surface area contributed by atoms with Crippen molar-refractivity contribution in [2.75, 3.05) is 13.1 Å². The van der Waals surface area contributed by atoms with Gasteiger partial charge in [0.25, 0.3) is 0 Å². The molecule has 0 spiro atoms. The first-order valence-electron chi connectivity index (χ1n) is 10.1. The number of rotatable bonds is 3. The van der Waals surface area contributed by atoms with Gasteiger partial charge in [-0.15, -0.1) is 0 Å². The lowest BCUT2D eigenvalue weighted by Gasteiger charge is -2.32. The Hall–Kier alpha value is -1.88. The maximum absolute atomic E-state index is 11.3. The van der Waals surface area contributed by atoms with E-state index in [4.69, 9.17) is 11.6 Å². The zero-order chi connectivity index (χ0) is 19.5. The molecule has 1 saturated heterocycles. The number of hydrogen-bond acceptors (Lipinski definition) is 3. The fourth-order valence-electron chi connectivity index (χ4n) is 5.25. The molecule has 1 N–H and O–H groups in total. The number of pyridine rings is 1. The predicted octanol–water partition coefficient (Wildman–Crippen LogP) is 4.60. The first-order valence-corrected chi connectivity index (χ1v) is 10.5. The van der Waals surface area contributed by atoms with Crippen molar-refractivity contribution in [3.63, 3.8) is 0 Å². The van der Waals surface area contributed by atoms with E-state index in [2.05, 4.69) is 27.4 Å². The van der Waals surface area contributed by atoms with Crippen molar-refractivity contribution in [2.24, 2.45) is 0 Å². The summed E-state index contributed by atoms with van der Waals surface area (Å²) in [5.41, 5.74) is 4.92. The van der Waals surface area contributed by atoms with Crippen molar-refractivity contribution in [3.8, 4) is 0 Å². The number of fused-ring (bicyclic) bond motifs is 5. The second-order valence-corrected chi connectivity index (χ2v) is 8.95. The van der Waals surface area contributed by atoms with Crippen LogP contribution in [0.3, 0.4) is 0 Å². The second-order valence-electron chi connectivity index (χ2n) is 8.54. The highest BCUT2D eigenvalue weighted by atomic mass is 35.5. The van der Waals surface area contributed by atoms with Crippen LogP contribution in [0, 0.1) is 6.92 Å². The van der Waals surface area contributed by atoms with Gasteiger partial charge in [-0.2, -0.15) is 0 Å². The topological polar surface area (TPSA) is 41.3 Å². The van der Waals surface area contributed by atoms with Gasteiger partial charge in [0.15, 0.2) is 0 Å². The molecule has 0 aliphatic carbocycles. The molecule has 5 heteroatoms. The monoisotopic (exact) mass is 395 g/mol. The summed E-state index contributed by atoms with van der Waals surface area (Å²) in [6.45, 7) is 6.75. The Bertz CT molecular complexity index is 1040. The Balaban J connectivity index is 1.71. The van der Waals surface area contributed by atoms with Gasteiger partial charge in [0.2, 0.25) is 0 Å². The molecule has 2 unspecified atom stereocenters. The molecular formula is C23H26ClN3O. The Morgan fingerprint density at radius 3 is 2.82 bits per heavy atom. The molecule has 4 heterocycles. The first kappa shape index (κ1) is 18.2. The number of halogens is 1. The number of aromatic nitrogens is 2. The number of aliphatic hydroxyl groups is 1. The van der Waals surface area contributed by atoms with Crippen molar-refractivity contribution in [3.05, 3.63) is 64.1 Å². The van der Waals surface area contributed by atoms with Crippen LogP contribution in [-0.2, 0) is 18.6 Å². The van der Waals surface area contributed by atoms with Gasteiger partial charge in [-0.1, -0.05) is 11.6 Å². The standard InChI is InChI=1S/C23H26ClN3O/c1-15-12-17-21-19-4-3-10-26(19)11-7-20(21)27(22(17)18(24)13-15)14-23(2,28)16-5-8-25-9-6-16/h5-6,8-9,12-13,19,28H,3-4,7,10-11,14H2,1-2H3. The molecule has 0 radical (unpaired) electrons. The Morgan fingerprint density at radius 2 is 2.04 bits per heavy atom. The van der Waals surface area contributed by atoms with Crippen molar-refractivity contribution in [1.82, 2.24) is 14.5 Å². The molecule has 3 aromatic rings. The van der Waals surface area contributed by atoms with E-state index in [1.165, 1.54) is 41.6 Å². The van der Waals surface area contributed by atoms with Crippen LogP contribution >= 0.6 is 11.6 Å². The molecule has 1 aromatic carbocycles. The van der Waals surface area contributed by atoms with Gasteiger partial charge in [-0.25, -0.2) is 0 Å². The van der Waals surface area contributed by atoms with E-state index in [-0.39, 0.29) is 0 Å². The van der Waals surface area contributed by atoms with Crippen LogP contribution < -0.4 is 0 Å². The first-order chi connectivity index (χ1) is 13.5. The van der Waals surface area contributed by atoms with Gasteiger partial charge in [0.05, 0.1) is 17.1 Å². The summed E-state index contributed by atoms with van der Waals surface area (Å²) in [6, 6.07) is 8.58. The van der Waals surface area contributed by atoms with Crippen LogP contribution in [0.25, 0.3) is 10.9 Å². The van der Waals surface area contributed by atoms with E-state index in [0.29, 0.717) is 12.6 Å². The lowest BCUT2D eigenvalue weighted by molar-refractivity contribution is 0.0383. The summed E-state index contributed by atoms with van der Waals surface area (Å²) in [5, 5.41) is 13.4. The zero-order valence-electron chi connectivity index (χ0n) is 16.5. The maximum Gasteiger partial charge on any atom is 0.105 e. The number of benzene rings is 1. The van der Waals surface area contributed by atoms with Gasteiger partial charge >= 0.3 is 0 Å². The minimum atomic E-state index is -0.996. The van der Waals surface area contributed by atoms with Gasteiger partial charge in [-0.05, 0) is 74.2 Å². The van der Waals surface area contributed by atoms with Crippen molar-refractivity contribution in [2.45, 2.75) is 51.3 Å². The van der Waals surface area contributed by atoms with E-state index in [9.17, 15) is 5.11 Å². The zero-order valence-corrected chi connectivity index (χ0v) is 17.2. The maximum atomic E-state index is 11.3. The summed E-state index contributed by atoms with van der Waals surface area (Å²) < 4.78 is 2.29. The molecule has 2 aromatic heterocycles. The molecule has 2 aliphatic rings. The molecule has 5 rings (SSSR count). The third-order valence-corrected chi connectivity index (χ3v) is 6.79. The van der Waals surface area contributed by atoms with Crippen LogP contribution in [-0.4, -0.2) is 32.6 Å². The Labute approximate surface area is 170 Å². The largest absolute Gasteiger partial charge is 0.384 e. The van der Waals surface area contributed by atoms with Crippen LogP contribution in [0.15, 0.2) is 36.7 Å². The van der Waals surface area contributed by atoms with Crippen molar-refractivity contribution < 1.29 is 5.11 Å². The quantitative estimate of drug-likeness (QED) is 0.704. The molecular weight excluding hydrogens is 370 g/mol. The van der Waals surface area contributed by atoms with Gasteiger partial charge in [0, 0.05) is 42.5 Å². The van der Waals surface area contributed by atoms with E-state index >= 15 is 0 Å². The SMILES string of the molecule is Cc1cc(Cl)c2c(c1)c1c(n2CC(C)(O)c2ccncc2)CCN2CCCC12. The lowest BCUT2D eigenvalue weighted by atomic mass is 9.94. The summed E-state index contributed by atoms with van der Waals surface area (Å²) in [4.78, 5) is 6.71. The van der Waals surface area contributed by atoms with E-state index in [0.717, 1.165) is 29.1 Å². The van der Waals surface area contributed by atoms with E-state index in [1.54, 1.807) is 12.4 Å². The predicted molar refractivity (Wildman–Crippen MR) is 113 cm³/mol. The molecule has 2 atom stereocenters. The third-order valence-electron chi connectivity index (χ3n) is 6.51. The molecule has 0 saturated carbocycles. The lowest BCUT2D eigenvalue weighted by Crippen LogP contribution is -2.33. The van der Waals surface area contributed by atoms with Crippen LogP contribution in [0.5, 0.6) is 0 Å². The summed E-state index contributed by atoms with van der Waals surface area (Å²) >= 11 is 6.78. The van der Waals surface area contributed by atoms with Crippen LogP contribution in [0.2, 0.25) is 5.02 Å². The number of nitrogens with zero attached hydrogens (tertiary/aromatic N) is 3. The molecule has 1 fully saturated rings. The average Bonchev–Trinajstić information content (AvgIpc) is 3.25.